The molecule has 2 nitrogen and oxygen atoms in total. The summed E-state index contributed by atoms with van der Waals surface area (Å²) in [5, 5.41) is 0.102. The quantitative estimate of drug-likeness (QED) is 0.583. The lowest BCUT2D eigenvalue weighted by Crippen LogP contribution is -2.05. The number of hydrogen-bond donors (Lipinski definition) is 0. The number of rotatable bonds is 2. The standard InChI is InChI=1S/C9H7Cl2FO2/c1-14-8(13)3-5-2-6(10)4-7(12)9(5)11/h2,4H,3H2,1H3. The normalized spacial score (nSPS) is 10.0. The number of carbonyl (C=O) groups is 1. The smallest absolute Gasteiger partial charge is 0.310 e. The third-order valence-electron chi connectivity index (χ3n) is 1.63. The van der Waals surface area contributed by atoms with Crippen LogP contribution in [-0.4, -0.2) is 13.1 Å². The van der Waals surface area contributed by atoms with Crippen molar-refractivity contribution in [2.24, 2.45) is 0 Å². The highest BCUT2D eigenvalue weighted by atomic mass is 35.5. The molecule has 1 rings (SSSR count). The average Bonchev–Trinajstić information content (AvgIpc) is 2.13. The van der Waals surface area contributed by atoms with Crippen LogP contribution in [0.15, 0.2) is 12.1 Å². The number of esters is 1. The Morgan fingerprint density at radius 1 is 1.50 bits per heavy atom. The molecule has 0 atom stereocenters. The Morgan fingerprint density at radius 2 is 2.14 bits per heavy atom. The van der Waals surface area contributed by atoms with Gasteiger partial charge in [-0.15, -0.1) is 0 Å². The zero-order valence-electron chi connectivity index (χ0n) is 7.31. The van der Waals surface area contributed by atoms with Gasteiger partial charge in [0.1, 0.15) is 5.82 Å². The van der Waals surface area contributed by atoms with Crippen molar-refractivity contribution >= 4 is 29.2 Å². The van der Waals surface area contributed by atoms with Gasteiger partial charge < -0.3 is 4.74 Å². The summed E-state index contributed by atoms with van der Waals surface area (Å²) in [4.78, 5) is 10.9. The molecule has 5 heteroatoms. The summed E-state index contributed by atoms with van der Waals surface area (Å²) in [5.41, 5.74) is 0.323. The second kappa shape index (κ2) is 4.62. The maximum Gasteiger partial charge on any atom is 0.310 e. The molecule has 0 aliphatic carbocycles. The van der Waals surface area contributed by atoms with Crippen molar-refractivity contribution < 1.29 is 13.9 Å². The Bertz CT molecular complexity index is 366. The lowest BCUT2D eigenvalue weighted by atomic mass is 10.1. The molecule has 14 heavy (non-hydrogen) atoms. The van der Waals surface area contributed by atoms with E-state index >= 15 is 0 Å². The molecular weight excluding hydrogens is 230 g/mol. The van der Waals surface area contributed by atoms with Gasteiger partial charge in [0.2, 0.25) is 0 Å². The Morgan fingerprint density at radius 3 is 2.71 bits per heavy atom. The average molecular weight is 237 g/mol. The predicted octanol–water partition coefficient (Wildman–Crippen LogP) is 2.85. The Balaban J connectivity index is 3.02. The Labute approximate surface area is 90.6 Å². The minimum absolute atomic E-state index is 0.0905. The molecule has 0 amide bonds. The zero-order chi connectivity index (χ0) is 10.7. The van der Waals surface area contributed by atoms with Crippen molar-refractivity contribution in [2.45, 2.75) is 6.42 Å². The van der Waals surface area contributed by atoms with Crippen LogP contribution in [0.5, 0.6) is 0 Å². The molecule has 0 aliphatic heterocycles. The van der Waals surface area contributed by atoms with Crippen LogP contribution in [0.2, 0.25) is 10.0 Å². The van der Waals surface area contributed by atoms with Gasteiger partial charge in [0, 0.05) is 5.02 Å². The van der Waals surface area contributed by atoms with E-state index < -0.39 is 11.8 Å². The molecule has 0 fully saturated rings. The summed E-state index contributed by atoms with van der Waals surface area (Å²) in [7, 11) is 1.25. The van der Waals surface area contributed by atoms with E-state index in [2.05, 4.69) is 4.74 Å². The number of hydrogen-bond acceptors (Lipinski definition) is 2. The third kappa shape index (κ3) is 2.59. The largest absolute Gasteiger partial charge is 0.469 e. The monoisotopic (exact) mass is 236 g/mol. The highest BCUT2D eigenvalue weighted by molar-refractivity contribution is 6.33. The molecule has 1 aromatic carbocycles. The van der Waals surface area contributed by atoms with Crippen LogP contribution in [0.1, 0.15) is 5.56 Å². The minimum Gasteiger partial charge on any atom is -0.469 e. The van der Waals surface area contributed by atoms with E-state index in [1.165, 1.54) is 13.2 Å². The van der Waals surface area contributed by atoms with E-state index in [0.29, 0.717) is 5.56 Å². The SMILES string of the molecule is COC(=O)Cc1cc(Cl)cc(F)c1Cl. The zero-order valence-corrected chi connectivity index (χ0v) is 8.82. The summed E-state index contributed by atoms with van der Waals surface area (Å²) in [6, 6.07) is 2.52. The van der Waals surface area contributed by atoms with E-state index in [4.69, 9.17) is 23.2 Å². The fourth-order valence-corrected chi connectivity index (χ4v) is 1.37. The first kappa shape index (κ1) is 11.3. The molecule has 0 unspecified atom stereocenters. The van der Waals surface area contributed by atoms with Crippen molar-refractivity contribution in [3.63, 3.8) is 0 Å². The van der Waals surface area contributed by atoms with E-state index in [9.17, 15) is 9.18 Å². The first-order valence-electron chi connectivity index (χ1n) is 3.75. The van der Waals surface area contributed by atoms with Crippen molar-refractivity contribution in [2.75, 3.05) is 7.11 Å². The number of halogens is 3. The summed E-state index contributed by atoms with van der Waals surface area (Å²) < 4.78 is 17.5. The van der Waals surface area contributed by atoms with Gasteiger partial charge >= 0.3 is 5.97 Å². The van der Waals surface area contributed by atoms with Crippen molar-refractivity contribution in [3.05, 3.63) is 33.6 Å². The molecule has 0 saturated carbocycles. The summed E-state index contributed by atoms with van der Waals surface area (Å²) in [6.45, 7) is 0. The lowest BCUT2D eigenvalue weighted by molar-refractivity contribution is -0.139. The van der Waals surface area contributed by atoms with Gasteiger partial charge in [0.05, 0.1) is 18.6 Å². The first-order chi connectivity index (χ1) is 6.54. The van der Waals surface area contributed by atoms with Crippen molar-refractivity contribution in [1.29, 1.82) is 0 Å². The fraction of sp³-hybridized carbons (Fsp3) is 0.222. The van der Waals surface area contributed by atoms with Crippen LogP contribution in [0.25, 0.3) is 0 Å². The molecule has 0 aliphatic rings. The van der Waals surface area contributed by atoms with Crippen LogP contribution >= 0.6 is 23.2 Å². The van der Waals surface area contributed by atoms with E-state index in [1.54, 1.807) is 0 Å². The lowest BCUT2D eigenvalue weighted by Gasteiger charge is -2.04. The van der Waals surface area contributed by atoms with Gasteiger partial charge in [-0.2, -0.15) is 0 Å². The maximum atomic E-state index is 13.0. The molecule has 1 aromatic rings. The first-order valence-corrected chi connectivity index (χ1v) is 4.50. The highest BCUT2D eigenvalue weighted by Crippen LogP contribution is 2.25. The van der Waals surface area contributed by atoms with Gasteiger partial charge in [-0.1, -0.05) is 23.2 Å². The third-order valence-corrected chi connectivity index (χ3v) is 2.27. The number of benzene rings is 1. The Kier molecular flexibility index (Phi) is 3.72. The molecule has 0 radical (unpaired) electrons. The maximum absolute atomic E-state index is 13.0. The molecule has 0 spiro atoms. The number of carbonyl (C=O) groups excluding carboxylic acids is 1. The summed E-state index contributed by atoms with van der Waals surface area (Å²) in [5.74, 6) is -1.13. The molecule has 0 heterocycles. The topological polar surface area (TPSA) is 26.3 Å². The summed E-state index contributed by atoms with van der Waals surface area (Å²) >= 11 is 11.2. The summed E-state index contributed by atoms with van der Waals surface area (Å²) in [6.07, 6.45) is -0.0905. The van der Waals surface area contributed by atoms with Gasteiger partial charge in [-0.3, -0.25) is 4.79 Å². The van der Waals surface area contributed by atoms with Crippen LogP contribution in [0.4, 0.5) is 4.39 Å². The molecular formula is C9H7Cl2FO2. The number of methoxy groups -OCH3 is 1. The molecule has 76 valence electrons. The second-order valence-electron chi connectivity index (χ2n) is 2.61. The Hall–Kier alpha value is -0.800. The van der Waals surface area contributed by atoms with Crippen LogP contribution in [0.3, 0.4) is 0 Å². The van der Waals surface area contributed by atoms with E-state index in [-0.39, 0.29) is 16.5 Å². The molecule has 0 N–H and O–H groups in total. The number of ether oxygens (including phenoxy) is 1. The minimum atomic E-state index is -0.641. The van der Waals surface area contributed by atoms with Gasteiger partial charge in [-0.25, -0.2) is 4.39 Å². The van der Waals surface area contributed by atoms with E-state index in [0.717, 1.165) is 6.07 Å². The predicted molar refractivity (Wildman–Crippen MR) is 52.1 cm³/mol. The highest BCUT2D eigenvalue weighted by Gasteiger charge is 2.11. The van der Waals surface area contributed by atoms with Gasteiger partial charge in [0.25, 0.3) is 0 Å². The van der Waals surface area contributed by atoms with Crippen molar-refractivity contribution in [1.82, 2.24) is 0 Å². The molecule has 0 aromatic heterocycles. The molecule has 0 saturated heterocycles. The molecule has 0 bridgehead atoms. The fourth-order valence-electron chi connectivity index (χ4n) is 0.966. The second-order valence-corrected chi connectivity index (χ2v) is 3.43. The van der Waals surface area contributed by atoms with Crippen LogP contribution in [0, 0.1) is 5.82 Å². The van der Waals surface area contributed by atoms with Gasteiger partial charge in [0.15, 0.2) is 0 Å². The van der Waals surface area contributed by atoms with E-state index in [1.807, 2.05) is 0 Å². The van der Waals surface area contributed by atoms with Crippen LogP contribution in [-0.2, 0) is 16.0 Å². The van der Waals surface area contributed by atoms with Crippen LogP contribution < -0.4 is 0 Å². The van der Waals surface area contributed by atoms with Crippen molar-refractivity contribution in [3.8, 4) is 0 Å². The van der Waals surface area contributed by atoms with Gasteiger partial charge in [-0.05, 0) is 17.7 Å².